The van der Waals surface area contributed by atoms with Crippen molar-refractivity contribution in [3.63, 3.8) is 0 Å². The zero-order valence-electron chi connectivity index (χ0n) is 18.2. The summed E-state index contributed by atoms with van der Waals surface area (Å²) in [6.45, 7) is 8.88. The van der Waals surface area contributed by atoms with Gasteiger partial charge in [-0.05, 0) is 50.6 Å². The van der Waals surface area contributed by atoms with Crippen molar-refractivity contribution >= 4 is 41.3 Å². The van der Waals surface area contributed by atoms with Gasteiger partial charge < -0.3 is 15.4 Å². The fourth-order valence-electron chi connectivity index (χ4n) is 2.82. The van der Waals surface area contributed by atoms with Gasteiger partial charge in [0, 0.05) is 30.6 Å². The monoisotopic (exact) mass is 551 g/mol. The van der Waals surface area contributed by atoms with E-state index in [1.54, 1.807) is 17.5 Å². The second-order valence-corrected chi connectivity index (χ2v) is 8.17. The van der Waals surface area contributed by atoms with Gasteiger partial charge in [0.25, 0.3) is 0 Å². The lowest BCUT2D eigenvalue weighted by Gasteiger charge is -2.11. The summed E-state index contributed by atoms with van der Waals surface area (Å²) >= 11 is 1.76. The van der Waals surface area contributed by atoms with E-state index in [0.717, 1.165) is 53.2 Å². The van der Waals surface area contributed by atoms with Crippen molar-refractivity contribution in [3.8, 4) is 5.75 Å². The van der Waals surface area contributed by atoms with Crippen LogP contribution in [-0.2, 0) is 19.6 Å². The number of benzene rings is 1. The van der Waals surface area contributed by atoms with Crippen molar-refractivity contribution in [2.24, 2.45) is 4.99 Å². The molecule has 0 radical (unpaired) electrons. The molecule has 166 valence electrons. The van der Waals surface area contributed by atoms with Crippen LogP contribution in [0.3, 0.4) is 0 Å². The molecule has 0 amide bonds. The van der Waals surface area contributed by atoms with Crippen LogP contribution in [0, 0.1) is 13.8 Å². The van der Waals surface area contributed by atoms with Crippen LogP contribution >= 0.6 is 35.3 Å². The van der Waals surface area contributed by atoms with E-state index in [9.17, 15) is 0 Å². The normalized spacial score (nSPS) is 11.0. The first-order chi connectivity index (χ1) is 14.6. The molecule has 0 aliphatic rings. The van der Waals surface area contributed by atoms with Crippen LogP contribution in [0.4, 0.5) is 0 Å². The van der Waals surface area contributed by atoms with Gasteiger partial charge in [-0.25, -0.2) is 9.98 Å². The van der Waals surface area contributed by atoms with E-state index >= 15 is 0 Å². The Labute approximate surface area is 205 Å². The number of guanidine groups is 1. The third-order valence-electron chi connectivity index (χ3n) is 4.48. The molecule has 0 saturated carbocycles. The molecule has 2 aromatic heterocycles. The van der Waals surface area contributed by atoms with Crippen LogP contribution in [-0.4, -0.2) is 29.0 Å². The molecule has 0 aliphatic heterocycles. The molecule has 8 heteroatoms. The highest BCUT2D eigenvalue weighted by Gasteiger charge is 2.05. The van der Waals surface area contributed by atoms with Gasteiger partial charge in [-0.1, -0.05) is 18.2 Å². The zero-order valence-corrected chi connectivity index (χ0v) is 21.4. The van der Waals surface area contributed by atoms with Gasteiger partial charge in [0.2, 0.25) is 0 Å². The number of aryl methyl sites for hydroxylation is 2. The molecule has 0 aliphatic carbocycles. The molecule has 2 heterocycles. The molecule has 0 bridgehead atoms. The number of ether oxygens (including phenoxy) is 1. The number of aliphatic imine (C=N–C) groups is 1. The van der Waals surface area contributed by atoms with Gasteiger partial charge in [-0.3, -0.25) is 4.98 Å². The van der Waals surface area contributed by atoms with E-state index in [1.165, 1.54) is 4.88 Å². The van der Waals surface area contributed by atoms with Crippen LogP contribution in [0.15, 0.2) is 53.7 Å². The number of hydrogen-bond donors (Lipinski definition) is 2. The second kappa shape index (κ2) is 13.3. The first-order valence-electron chi connectivity index (χ1n) is 10.2. The number of hydrogen-bond acceptors (Lipinski definition) is 5. The van der Waals surface area contributed by atoms with Crippen molar-refractivity contribution < 1.29 is 4.74 Å². The molecule has 3 aromatic rings. The Morgan fingerprint density at radius 3 is 2.71 bits per heavy atom. The van der Waals surface area contributed by atoms with Crippen molar-refractivity contribution in [2.45, 2.75) is 40.3 Å². The Balaban J connectivity index is 0.00000341. The number of nitrogens with zero attached hydrogens (tertiary/aromatic N) is 3. The predicted octanol–water partition coefficient (Wildman–Crippen LogP) is 4.65. The molecular formula is C23H30IN5OS. The van der Waals surface area contributed by atoms with E-state index in [1.807, 2.05) is 36.4 Å². The largest absolute Gasteiger partial charge is 0.487 e. The number of thiazole rings is 1. The van der Waals surface area contributed by atoms with Gasteiger partial charge in [0.1, 0.15) is 12.4 Å². The first-order valence-corrected chi connectivity index (χ1v) is 11.0. The summed E-state index contributed by atoms with van der Waals surface area (Å²) in [5.74, 6) is 1.63. The summed E-state index contributed by atoms with van der Waals surface area (Å²) in [4.78, 5) is 14.9. The Kier molecular flexibility index (Phi) is 10.7. The minimum absolute atomic E-state index is 0. The van der Waals surface area contributed by atoms with E-state index in [2.05, 4.69) is 47.4 Å². The van der Waals surface area contributed by atoms with Crippen LogP contribution in [0.1, 0.15) is 33.8 Å². The number of aromatic nitrogens is 2. The van der Waals surface area contributed by atoms with Crippen LogP contribution in [0.25, 0.3) is 0 Å². The van der Waals surface area contributed by atoms with E-state index < -0.39 is 0 Å². The van der Waals surface area contributed by atoms with Crippen molar-refractivity contribution in [3.05, 3.63) is 75.5 Å². The highest BCUT2D eigenvalue weighted by molar-refractivity contribution is 14.0. The minimum Gasteiger partial charge on any atom is -0.487 e. The Bertz CT molecular complexity index is 942. The maximum Gasteiger partial charge on any atom is 0.191 e. The molecule has 0 unspecified atom stereocenters. The summed E-state index contributed by atoms with van der Waals surface area (Å²) in [5, 5.41) is 7.85. The molecular weight excluding hydrogens is 521 g/mol. The summed E-state index contributed by atoms with van der Waals surface area (Å²) in [6, 6.07) is 13.8. The Hall–Kier alpha value is -2.20. The minimum atomic E-state index is 0. The summed E-state index contributed by atoms with van der Waals surface area (Å²) < 4.78 is 5.86. The lowest BCUT2D eigenvalue weighted by molar-refractivity contribution is 0.301. The summed E-state index contributed by atoms with van der Waals surface area (Å²) in [5.41, 5.74) is 3.13. The van der Waals surface area contributed by atoms with Gasteiger partial charge in [0.05, 0.1) is 22.9 Å². The molecule has 3 rings (SSSR count). The third kappa shape index (κ3) is 8.45. The van der Waals surface area contributed by atoms with Crippen LogP contribution < -0.4 is 15.4 Å². The molecule has 0 spiro atoms. The topological polar surface area (TPSA) is 71.4 Å². The number of nitrogens with one attached hydrogen (secondary N) is 2. The maximum absolute atomic E-state index is 5.86. The highest BCUT2D eigenvalue weighted by atomic mass is 127. The molecule has 1 aromatic carbocycles. The molecule has 0 atom stereocenters. The van der Waals surface area contributed by atoms with Crippen LogP contribution in [0.5, 0.6) is 5.75 Å². The van der Waals surface area contributed by atoms with E-state index in [0.29, 0.717) is 13.2 Å². The Morgan fingerprint density at radius 2 is 2.00 bits per heavy atom. The fourth-order valence-corrected chi connectivity index (χ4v) is 3.75. The Morgan fingerprint density at radius 1 is 1.13 bits per heavy atom. The van der Waals surface area contributed by atoms with E-state index in [-0.39, 0.29) is 24.0 Å². The average Bonchev–Trinajstić information content (AvgIpc) is 3.08. The molecule has 31 heavy (non-hydrogen) atoms. The summed E-state index contributed by atoms with van der Waals surface area (Å²) in [6.07, 6.45) is 2.66. The summed E-state index contributed by atoms with van der Waals surface area (Å²) in [7, 11) is 0. The molecule has 6 nitrogen and oxygen atoms in total. The third-order valence-corrected chi connectivity index (χ3v) is 5.61. The lowest BCUT2D eigenvalue weighted by Crippen LogP contribution is -2.38. The van der Waals surface area contributed by atoms with Gasteiger partial charge in [-0.2, -0.15) is 0 Å². The van der Waals surface area contributed by atoms with Crippen molar-refractivity contribution in [1.82, 2.24) is 20.6 Å². The van der Waals surface area contributed by atoms with Gasteiger partial charge >= 0.3 is 0 Å². The van der Waals surface area contributed by atoms with Crippen molar-refractivity contribution in [2.75, 3.05) is 13.1 Å². The number of pyridine rings is 1. The fraction of sp³-hybridized carbons (Fsp3) is 0.348. The molecule has 0 saturated heterocycles. The smallest absolute Gasteiger partial charge is 0.191 e. The maximum atomic E-state index is 5.86. The zero-order chi connectivity index (χ0) is 21.2. The van der Waals surface area contributed by atoms with Gasteiger partial charge in [-0.15, -0.1) is 35.3 Å². The standard InChI is InChI=1S/C23H29N5OS.HI/c1-4-24-23(26-13-11-22-28-17(2)18(3)30-22)27-15-19-8-7-10-21(14-19)29-16-20-9-5-6-12-25-20;/h5-10,12,14H,4,11,13,15-16H2,1-3H3,(H2,24,26,27);1H. The van der Waals surface area contributed by atoms with E-state index in [4.69, 9.17) is 9.73 Å². The molecule has 0 fully saturated rings. The number of halogens is 1. The van der Waals surface area contributed by atoms with Crippen molar-refractivity contribution in [1.29, 1.82) is 0 Å². The van der Waals surface area contributed by atoms with Crippen LogP contribution in [0.2, 0.25) is 0 Å². The second-order valence-electron chi connectivity index (χ2n) is 6.88. The average molecular weight is 551 g/mol. The first kappa shape index (κ1) is 25.1. The molecule has 2 N–H and O–H groups in total. The highest BCUT2D eigenvalue weighted by Crippen LogP contribution is 2.17. The lowest BCUT2D eigenvalue weighted by atomic mass is 10.2. The predicted molar refractivity (Wildman–Crippen MR) is 139 cm³/mol. The number of rotatable bonds is 9. The SMILES string of the molecule is CCNC(=NCc1cccc(OCc2ccccn2)c1)NCCc1nc(C)c(C)s1.I. The quantitative estimate of drug-likeness (QED) is 0.230. The van der Waals surface area contributed by atoms with Gasteiger partial charge in [0.15, 0.2) is 5.96 Å².